The van der Waals surface area contributed by atoms with Gasteiger partial charge >= 0.3 is 11.3 Å². The van der Waals surface area contributed by atoms with E-state index in [-0.39, 0.29) is 0 Å². The van der Waals surface area contributed by atoms with Crippen LogP contribution in [0.25, 0.3) is 44.2 Å². The molecule has 0 atom stereocenters. The summed E-state index contributed by atoms with van der Waals surface area (Å²) in [5, 5.41) is 4.76. The molecule has 0 saturated carbocycles. The third kappa shape index (κ3) is 3.87. The maximum atomic E-state index is 12.8. The zero-order valence-corrected chi connectivity index (χ0v) is 18.2. The number of fused-ring (bicyclic) bond motifs is 2. The third-order valence-electron chi connectivity index (χ3n) is 5.57. The summed E-state index contributed by atoms with van der Waals surface area (Å²) in [5.41, 5.74) is 3.65. The summed E-state index contributed by atoms with van der Waals surface area (Å²) in [7, 11) is 1.60. The normalized spacial score (nSPS) is 11.1. The van der Waals surface area contributed by atoms with Crippen molar-refractivity contribution in [3.8, 4) is 28.0 Å². The van der Waals surface area contributed by atoms with Crippen molar-refractivity contribution in [3.05, 3.63) is 93.6 Å². The Balaban J connectivity index is 1.67. The lowest BCUT2D eigenvalue weighted by Gasteiger charge is -2.09. The van der Waals surface area contributed by atoms with Crippen molar-refractivity contribution in [3.63, 3.8) is 0 Å². The Kier molecular flexibility index (Phi) is 5.18. The van der Waals surface area contributed by atoms with Gasteiger partial charge < -0.3 is 18.9 Å². The monoisotopic (exact) mass is 439 g/mol. The molecule has 5 rings (SSSR count). The highest BCUT2D eigenvalue weighted by Crippen LogP contribution is 2.32. The first-order valence-electron chi connectivity index (χ1n) is 10.6. The van der Waals surface area contributed by atoms with Gasteiger partial charge in [-0.05, 0) is 66.1 Å². The molecule has 0 saturated heterocycles. The summed E-state index contributed by atoms with van der Waals surface area (Å²) >= 11 is 0. The summed E-state index contributed by atoms with van der Waals surface area (Å²) in [6.07, 6.45) is 0. The van der Waals surface area contributed by atoms with Gasteiger partial charge in [-0.1, -0.05) is 18.2 Å². The van der Waals surface area contributed by atoms with Crippen LogP contribution in [-0.4, -0.2) is 13.7 Å². The van der Waals surface area contributed by atoms with Gasteiger partial charge in [0.15, 0.2) is 0 Å². The van der Waals surface area contributed by atoms with Gasteiger partial charge in [0.25, 0.3) is 0 Å². The summed E-state index contributed by atoms with van der Waals surface area (Å²) in [6.45, 7) is 2.78. The highest BCUT2D eigenvalue weighted by atomic mass is 16.5. The SMILES string of the molecule is CCNc1ccc2cc(-c3ccc4oc(=O)cc(-c5ccc(OC)cc5)c4c3)c(=O)oc2c1. The average Bonchev–Trinajstić information content (AvgIpc) is 2.83. The van der Waals surface area contributed by atoms with Crippen molar-refractivity contribution in [2.45, 2.75) is 6.92 Å². The lowest BCUT2D eigenvalue weighted by molar-refractivity contribution is 0.415. The number of hydrogen-bond donors (Lipinski definition) is 1. The Morgan fingerprint density at radius 1 is 0.788 bits per heavy atom. The molecular formula is C27H21NO5. The second-order valence-electron chi connectivity index (χ2n) is 7.65. The first-order valence-corrected chi connectivity index (χ1v) is 10.6. The van der Waals surface area contributed by atoms with Crippen LogP contribution < -0.4 is 21.3 Å². The molecule has 5 aromatic rings. The minimum atomic E-state index is -0.442. The van der Waals surface area contributed by atoms with Crippen LogP contribution in [0, 0.1) is 0 Å². The van der Waals surface area contributed by atoms with Crippen molar-refractivity contribution in [2.75, 3.05) is 19.0 Å². The van der Waals surface area contributed by atoms with E-state index in [0.717, 1.165) is 34.3 Å². The molecule has 0 aliphatic rings. The molecule has 6 heteroatoms. The van der Waals surface area contributed by atoms with E-state index in [1.54, 1.807) is 19.2 Å². The van der Waals surface area contributed by atoms with Crippen LogP contribution in [0.5, 0.6) is 5.75 Å². The number of rotatable bonds is 5. The molecule has 3 aromatic carbocycles. The molecule has 0 amide bonds. The van der Waals surface area contributed by atoms with E-state index in [0.29, 0.717) is 27.9 Å². The molecule has 0 fully saturated rings. The van der Waals surface area contributed by atoms with E-state index >= 15 is 0 Å². The predicted molar refractivity (Wildman–Crippen MR) is 130 cm³/mol. The van der Waals surface area contributed by atoms with Crippen LogP contribution in [0.3, 0.4) is 0 Å². The standard InChI is InChI=1S/C27H21NO5/c1-3-28-19-8-4-18-13-22(27(30)33-25(18)14-19)17-7-11-24-23(12-17)21(15-26(29)32-24)16-5-9-20(31-2)10-6-16/h4-15,28H,3H2,1-2H3. The van der Waals surface area contributed by atoms with Gasteiger partial charge in [0.2, 0.25) is 0 Å². The van der Waals surface area contributed by atoms with Crippen molar-refractivity contribution >= 4 is 27.6 Å². The maximum absolute atomic E-state index is 12.8. The molecule has 6 nitrogen and oxygen atoms in total. The van der Waals surface area contributed by atoms with E-state index in [4.69, 9.17) is 13.6 Å². The fourth-order valence-electron chi connectivity index (χ4n) is 3.97. The van der Waals surface area contributed by atoms with E-state index in [1.807, 2.05) is 61.5 Å². The number of ether oxygens (including phenoxy) is 1. The fourth-order valence-corrected chi connectivity index (χ4v) is 3.97. The van der Waals surface area contributed by atoms with Crippen LogP contribution in [0.1, 0.15) is 6.92 Å². The summed E-state index contributed by atoms with van der Waals surface area (Å²) in [4.78, 5) is 25.0. The Bertz CT molecular complexity index is 1600. The van der Waals surface area contributed by atoms with Crippen molar-refractivity contribution in [2.24, 2.45) is 0 Å². The lowest BCUT2D eigenvalue weighted by Crippen LogP contribution is -2.04. The minimum Gasteiger partial charge on any atom is -0.497 e. The minimum absolute atomic E-state index is 0.432. The van der Waals surface area contributed by atoms with Crippen molar-refractivity contribution in [1.82, 2.24) is 0 Å². The summed E-state index contributed by atoms with van der Waals surface area (Å²) in [6, 6.07) is 21.7. The molecule has 0 aliphatic carbocycles. The van der Waals surface area contributed by atoms with Gasteiger partial charge in [0.1, 0.15) is 16.9 Å². The van der Waals surface area contributed by atoms with Gasteiger partial charge in [-0.15, -0.1) is 0 Å². The molecule has 2 aromatic heterocycles. The largest absolute Gasteiger partial charge is 0.497 e. The number of nitrogens with one attached hydrogen (secondary N) is 1. The van der Waals surface area contributed by atoms with Crippen LogP contribution in [0.15, 0.2) is 91.2 Å². The number of anilines is 1. The smallest absolute Gasteiger partial charge is 0.344 e. The van der Waals surface area contributed by atoms with Gasteiger partial charge in [-0.25, -0.2) is 9.59 Å². The Hall–Kier alpha value is -4.32. The Morgan fingerprint density at radius 2 is 1.58 bits per heavy atom. The molecule has 0 spiro atoms. The molecule has 0 aliphatic heterocycles. The second-order valence-corrected chi connectivity index (χ2v) is 7.65. The number of benzene rings is 3. The predicted octanol–water partition coefficient (Wildman–Crippen LogP) is 5.67. The number of methoxy groups -OCH3 is 1. The van der Waals surface area contributed by atoms with Crippen molar-refractivity contribution < 1.29 is 13.6 Å². The second kappa shape index (κ2) is 8.31. The van der Waals surface area contributed by atoms with Crippen LogP contribution in [0.2, 0.25) is 0 Å². The molecule has 164 valence electrons. The maximum Gasteiger partial charge on any atom is 0.344 e. The molecule has 0 unspecified atom stereocenters. The van der Waals surface area contributed by atoms with E-state index < -0.39 is 11.3 Å². The molecular weight excluding hydrogens is 418 g/mol. The molecule has 2 heterocycles. The zero-order chi connectivity index (χ0) is 22.9. The first kappa shape index (κ1) is 20.6. The van der Waals surface area contributed by atoms with Crippen LogP contribution >= 0.6 is 0 Å². The summed E-state index contributed by atoms with van der Waals surface area (Å²) < 4.78 is 16.3. The highest BCUT2D eigenvalue weighted by Gasteiger charge is 2.13. The van der Waals surface area contributed by atoms with Gasteiger partial charge in [0.05, 0.1) is 12.7 Å². The fraction of sp³-hybridized carbons (Fsp3) is 0.111. The third-order valence-corrected chi connectivity index (χ3v) is 5.57. The van der Waals surface area contributed by atoms with Crippen LogP contribution in [-0.2, 0) is 0 Å². The topological polar surface area (TPSA) is 81.7 Å². The molecule has 0 bridgehead atoms. The quantitative estimate of drug-likeness (QED) is 0.355. The van der Waals surface area contributed by atoms with Gasteiger partial charge in [0, 0.05) is 35.1 Å². The lowest BCUT2D eigenvalue weighted by atomic mass is 9.98. The first-order chi connectivity index (χ1) is 16.1. The van der Waals surface area contributed by atoms with Gasteiger partial charge in [-0.2, -0.15) is 0 Å². The molecule has 0 radical (unpaired) electrons. The van der Waals surface area contributed by atoms with Crippen LogP contribution in [0.4, 0.5) is 5.69 Å². The Labute approximate surface area is 189 Å². The molecule has 1 N–H and O–H groups in total. The van der Waals surface area contributed by atoms with E-state index in [1.165, 1.54) is 6.07 Å². The number of hydrogen-bond acceptors (Lipinski definition) is 6. The van der Waals surface area contributed by atoms with E-state index in [2.05, 4.69) is 5.32 Å². The summed E-state index contributed by atoms with van der Waals surface area (Å²) in [5.74, 6) is 0.720. The van der Waals surface area contributed by atoms with E-state index in [9.17, 15) is 9.59 Å². The van der Waals surface area contributed by atoms with Gasteiger partial charge in [-0.3, -0.25) is 0 Å². The molecule has 33 heavy (non-hydrogen) atoms. The Morgan fingerprint density at radius 3 is 2.33 bits per heavy atom. The van der Waals surface area contributed by atoms with Crippen molar-refractivity contribution in [1.29, 1.82) is 0 Å². The highest BCUT2D eigenvalue weighted by molar-refractivity contribution is 5.96. The average molecular weight is 439 g/mol. The zero-order valence-electron chi connectivity index (χ0n) is 18.2.